The molecule has 13 rings (SSSR count). The molecule has 298 valence electrons. The zero-order valence-corrected chi connectivity index (χ0v) is 34.5. The van der Waals surface area contributed by atoms with E-state index in [-0.39, 0.29) is 0 Å². The minimum absolute atomic E-state index is 0.680. The van der Waals surface area contributed by atoms with Gasteiger partial charge in [0.05, 0.1) is 27.9 Å². The molecule has 0 spiro atoms. The smallest absolute Gasteiger partial charge is 0.162 e. The van der Waals surface area contributed by atoms with Gasteiger partial charge in [-0.2, -0.15) is 0 Å². The molecule has 0 bridgehead atoms. The standard InChI is InChI=1S/C59H36N4O/c1-2-15-40(16-3-1)59-60-50(36-51(61-59)42-18-13-20-44(35-42)63-52-25-9-6-22-46(52)47-23-7-10-26-53(47)63)39-30-28-37(29-31-39)41-17-12-19-43(34-41)56-58-55(48-24-8-11-27-54(48)64-58)49-33-32-38-14-4-5-21-45(38)57(49)62-56/h1-36H. The van der Waals surface area contributed by atoms with Crippen LogP contribution >= 0.6 is 0 Å². The van der Waals surface area contributed by atoms with Crippen molar-refractivity contribution in [2.45, 2.75) is 0 Å². The summed E-state index contributed by atoms with van der Waals surface area (Å²) < 4.78 is 8.98. The third kappa shape index (κ3) is 5.83. The molecule has 0 saturated heterocycles. The summed E-state index contributed by atoms with van der Waals surface area (Å²) >= 11 is 0. The van der Waals surface area contributed by atoms with Gasteiger partial charge in [0.25, 0.3) is 0 Å². The maximum atomic E-state index is 6.64. The van der Waals surface area contributed by atoms with Gasteiger partial charge in [-0.25, -0.2) is 15.0 Å². The number of pyridine rings is 1. The number of hydrogen-bond acceptors (Lipinski definition) is 4. The Morgan fingerprint density at radius 2 is 0.969 bits per heavy atom. The van der Waals surface area contributed by atoms with Crippen LogP contribution in [0.5, 0.6) is 0 Å². The van der Waals surface area contributed by atoms with Crippen LogP contribution in [0.3, 0.4) is 0 Å². The third-order valence-electron chi connectivity index (χ3n) is 12.6. The van der Waals surface area contributed by atoms with Crippen LogP contribution in [0.4, 0.5) is 0 Å². The van der Waals surface area contributed by atoms with Gasteiger partial charge in [0.15, 0.2) is 11.4 Å². The molecule has 5 nitrogen and oxygen atoms in total. The Kier molecular flexibility index (Phi) is 8.15. The van der Waals surface area contributed by atoms with E-state index in [0.717, 1.165) is 99.8 Å². The number of rotatable bonds is 6. The minimum atomic E-state index is 0.680. The second-order valence-electron chi connectivity index (χ2n) is 16.4. The van der Waals surface area contributed by atoms with Crippen LogP contribution in [0, 0.1) is 0 Å². The Bertz CT molecular complexity index is 3900. The fourth-order valence-corrected chi connectivity index (χ4v) is 9.56. The van der Waals surface area contributed by atoms with Crippen LogP contribution in [0.25, 0.3) is 127 Å². The summed E-state index contributed by atoms with van der Waals surface area (Å²) in [5, 5.41) is 8.02. The van der Waals surface area contributed by atoms with Crippen LogP contribution in [0.15, 0.2) is 223 Å². The second kappa shape index (κ2) is 14.5. The van der Waals surface area contributed by atoms with Gasteiger partial charge < -0.3 is 8.98 Å². The van der Waals surface area contributed by atoms with E-state index < -0.39 is 0 Å². The van der Waals surface area contributed by atoms with Gasteiger partial charge in [-0.3, -0.25) is 0 Å². The molecule has 0 aliphatic carbocycles. The Labute approximate surface area is 368 Å². The van der Waals surface area contributed by atoms with E-state index >= 15 is 0 Å². The molecule has 0 N–H and O–H groups in total. The molecule has 0 amide bonds. The molecule has 0 unspecified atom stereocenters. The molecule has 0 radical (unpaired) electrons. The fraction of sp³-hybridized carbons (Fsp3) is 0. The number of hydrogen-bond donors (Lipinski definition) is 0. The Hall–Kier alpha value is -8.67. The molecule has 9 aromatic carbocycles. The lowest BCUT2D eigenvalue weighted by atomic mass is 9.97. The summed E-state index contributed by atoms with van der Waals surface area (Å²) in [7, 11) is 0. The minimum Gasteiger partial charge on any atom is -0.454 e. The highest BCUT2D eigenvalue weighted by atomic mass is 16.3. The van der Waals surface area contributed by atoms with Crippen LogP contribution < -0.4 is 0 Å². The average Bonchev–Trinajstić information content (AvgIpc) is 3.93. The summed E-state index contributed by atoms with van der Waals surface area (Å²) in [6.45, 7) is 0. The van der Waals surface area contributed by atoms with Gasteiger partial charge in [0, 0.05) is 60.3 Å². The molecule has 4 aromatic heterocycles. The van der Waals surface area contributed by atoms with Gasteiger partial charge in [-0.1, -0.05) is 176 Å². The van der Waals surface area contributed by atoms with Crippen LogP contribution in [0.1, 0.15) is 0 Å². The lowest BCUT2D eigenvalue weighted by Crippen LogP contribution is -1.98. The first kappa shape index (κ1) is 36.0. The van der Waals surface area contributed by atoms with E-state index in [1.54, 1.807) is 0 Å². The molecule has 0 atom stereocenters. The van der Waals surface area contributed by atoms with Crippen molar-refractivity contribution in [2.24, 2.45) is 0 Å². The molecule has 0 saturated carbocycles. The second-order valence-corrected chi connectivity index (χ2v) is 16.4. The average molecular weight is 817 g/mol. The summed E-state index contributed by atoms with van der Waals surface area (Å²) in [5.74, 6) is 0.680. The lowest BCUT2D eigenvalue weighted by Gasteiger charge is -2.13. The molecule has 4 heterocycles. The van der Waals surface area contributed by atoms with Crippen molar-refractivity contribution in [2.75, 3.05) is 0 Å². The zero-order chi connectivity index (χ0) is 42.1. The number of fused-ring (bicyclic) bond motifs is 10. The fourth-order valence-electron chi connectivity index (χ4n) is 9.56. The van der Waals surface area contributed by atoms with Crippen molar-refractivity contribution < 1.29 is 4.42 Å². The number of aromatic nitrogens is 4. The molecule has 0 aliphatic heterocycles. The van der Waals surface area contributed by atoms with Crippen molar-refractivity contribution in [3.8, 4) is 62.0 Å². The maximum absolute atomic E-state index is 6.64. The highest BCUT2D eigenvalue weighted by Gasteiger charge is 2.20. The predicted molar refractivity (Wildman–Crippen MR) is 264 cm³/mol. The van der Waals surface area contributed by atoms with Gasteiger partial charge >= 0.3 is 0 Å². The highest BCUT2D eigenvalue weighted by Crippen LogP contribution is 2.42. The van der Waals surface area contributed by atoms with Gasteiger partial charge in [-0.05, 0) is 59.0 Å². The zero-order valence-electron chi connectivity index (χ0n) is 34.5. The monoisotopic (exact) mass is 816 g/mol. The molecule has 0 aliphatic rings. The Morgan fingerprint density at radius 3 is 1.77 bits per heavy atom. The van der Waals surface area contributed by atoms with E-state index in [0.29, 0.717) is 5.82 Å². The molecular formula is C59H36N4O. The van der Waals surface area contributed by atoms with E-state index in [9.17, 15) is 0 Å². The third-order valence-corrected chi connectivity index (χ3v) is 12.6. The first-order valence-corrected chi connectivity index (χ1v) is 21.6. The quantitative estimate of drug-likeness (QED) is 0.157. The van der Waals surface area contributed by atoms with Gasteiger partial charge in [0.1, 0.15) is 11.3 Å². The first-order valence-electron chi connectivity index (χ1n) is 21.6. The molecule has 0 fully saturated rings. The van der Waals surface area contributed by atoms with E-state index in [1.165, 1.54) is 21.8 Å². The van der Waals surface area contributed by atoms with E-state index in [1.807, 2.05) is 30.3 Å². The maximum Gasteiger partial charge on any atom is 0.162 e. The summed E-state index contributed by atoms with van der Waals surface area (Å²) in [6.07, 6.45) is 0. The molecule has 13 aromatic rings. The first-order chi connectivity index (χ1) is 31.7. The van der Waals surface area contributed by atoms with Crippen molar-refractivity contribution >= 4 is 65.4 Å². The number of furan rings is 1. The molecule has 5 heteroatoms. The van der Waals surface area contributed by atoms with E-state index in [2.05, 4.69) is 193 Å². The van der Waals surface area contributed by atoms with Crippen LogP contribution in [-0.2, 0) is 0 Å². The van der Waals surface area contributed by atoms with Crippen LogP contribution in [0.2, 0.25) is 0 Å². The highest BCUT2D eigenvalue weighted by molar-refractivity contribution is 6.24. The SMILES string of the molecule is c1ccc(-c2nc(-c3ccc(-c4cccc(-c5nc6c7ccccc7ccc6c6c5oc5ccccc56)c4)cc3)cc(-c3cccc(-n4c5ccccc5c5ccccc54)c3)n2)cc1. The van der Waals surface area contributed by atoms with Crippen molar-refractivity contribution in [3.05, 3.63) is 218 Å². The lowest BCUT2D eigenvalue weighted by molar-refractivity contribution is 0.669. The van der Waals surface area contributed by atoms with Crippen LogP contribution in [-0.4, -0.2) is 19.5 Å². The number of nitrogens with zero attached hydrogens (tertiary/aromatic N) is 4. The van der Waals surface area contributed by atoms with Crippen molar-refractivity contribution in [1.29, 1.82) is 0 Å². The van der Waals surface area contributed by atoms with E-state index in [4.69, 9.17) is 19.4 Å². The largest absolute Gasteiger partial charge is 0.454 e. The number of benzene rings is 9. The van der Waals surface area contributed by atoms with Gasteiger partial charge in [-0.15, -0.1) is 0 Å². The number of para-hydroxylation sites is 3. The normalized spacial score (nSPS) is 11.8. The summed E-state index contributed by atoms with van der Waals surface area (Å²) in [5.41, 5.74) is 14.7. The van der Waals surface area contributed by atoms with Crippen molar-refractivity contribution in [1.82, 2.24) is 19.5 Å². The van der Waals surface area contributed by atoms with Gasteiger partial charge in [0.2, 0.25) is 0 Å². The Morgan fingerprint density at radius 1 is 0.359 bits per heavy atom. The topological polar surface area (TPSA) is 56.7 Å². The Balaban J connectivity index is 0.907. The predicted octanol–water partition coefficient (Wildman–Crippen LogP) is 15.5. The summed E-state index contributed by atoms with van der Waals surface area (Å²) in [4.78, 5) is 15.7. The molecular weight excluding hydrogens is 781 g/mol. The van der Waals surface area contributed by atoms with Crippen molar-refractivity contribution in [3.63, 3.8) is 0 Å². The molecule has 64 heavy (non-hydrogen) atoms. The summed E-state index contributed by atoms with van der Waals surface area (Å²) in [6, 6.07) is 76.7.